The van der Waals surface area contributed by atoms with Gasteiger partial charge in [-0.3, -0.25) is 25.2 Å². The molecular formula is C19H18ClN3O4. The number of rotatable bonds is 5. The minimum absolute atomic E-state index is 0.0815. The Kier molecular flexibility index (Phi) is 5.93. The maximum absolute atomic E-state index is 12.1. The molecule has 1 aliphatic rings. The summed E-state index contributed by atoms with van der Waals surface area (Å²) < 4.78 is 5.29. The van der Waals surface area contributed by atoms with Crippen LogP contribution in [0.4, 0.5) is 5.69 Å². The smallest absolute Gasteiger partial charge is 0.276 e. The number of carbonyl (C=O) groups excluding carboxylic acids is 3. The molecule has 0 atom stereocenters. The molecule has 0 unspecified atom stereocenters. The molecule has 0 radical (unpaired) electrons. The molecule has 3 amide bonds. The van der Waals surface area contributed by atoms with Crippen molar-refractivity contribution in [1.82, 2.24) is 10.9 Å². The van der Waals surface area contributed by atoms with Gasteiger partial charge in [0.1, 0.15) is 5.75 Å². The van der Waals surface area contributed by atoms with Gasteiger partial charge in [0.2, 0.25) is 5.91 Å². The number of nitrogens with one attached hydrogen (secondary N) is 2. The molecule has 27 heavy (non-hydrogen) atoms. The third-order valence-corrected chi connectivity index (χ3v) is 4.34. The summed E-state index contributed by atoms with van der Waals surface area (Å²) in [6.07, 6.45) is 1.38. The van der Waals surface area contributed by atoms with Crippen LogP contribution in [0.2, 0.25) is 5.02 Å². The van der Waals surface area contributed by atoms with Crippen molar-refractivity contribution in [2.45, 2.75) is 12.8 Å². The van der Waals surface area contributed by atoms with E-state index in [0.29, 0.717) is 29.3 Å². The Balaban J connectivity index is 1.48. The monoisotopic (exact) mass is 387 g/mol. The Hall–Kier alpha value is -3.06. The van der Waals surface area contributed by atoms with Crippen molar-refractivity contribution < 1.29 is 19.1 Å². The van der Waals surface area contributed by atoms with E-state index in [-0.39, 0.29) is 12.5 Å². The molecule has 0 bridgehead atoms. The van der Waals surface area contributed by atoms with Crippen LogP contribution in [0.15, 0.2) is 48.5 Å². The lowest BCUT2D eigenvalue weighted by molar-refractivity contribution is -0.123. The van der Waals surface area contributed by atoms with Crippen molar-refractivity contribution in [3.05, 3.63) is 59.1 Å². The van der Waals surface area contributed by atoms with Crippen LogP contribution in [-0.2, 0) is 9.59 Å². The van der Waals surface area contributed by atoms with Gasteiger partial charge in [0.15, 0.2) is 6.61 Å². The normalized spacial score (nSPS) is 13.4. The Labute approximate surface area is 161 Å². The van der Waals surface area contributed by atoms with Crippen molar-refractivity contribution >= 4 is 35.0 Å². The number of amides is 3. The van der Waals surface area contributed by atoms with Gasteiger partial charge in [0.25, 0.3) is 11.8 Å². The largest absolute Gasteiger partial charge is 0.482 e. The quantitative estimate of drug-likeness (QED) is 0.770. The minimum atomic E-state index is -0.525. The summed E-state index contributed by atoms with van der Waals surface area (Å²) in [5.41, 5.74) is 5.71. The molecule has 1 fully saturated rings. The molecule has 7 nitrogen and oxygen atoms in total. The fourth-order valence-electron chi connectivity index (χ4n) is 2.65. The van der Waals surface area contributed by atoms with Crippen LogP contribution in [0.3, 0.4) is 0 Å². The highest BCUT2D eigenvalue weighted by Crippen LogP contribution is 2.23. The van der Waals surface area contributed by atoms with Crippen LogP contribution in [0.25, 0.3) is 0 Å². The van der Waals surface area contributed by atoms with Crippen molar-refractivity contribution in [2.75, 3.05) is 18.1 Å². The molecule has 2 aromatic carbocycles. The van der Waals surface area contributed by atoms with Gasteiger partial charge in [-0.25, -0.2) is 0 Å². The van der Waals surface area contributed by atoms with Gasteiger partial charge in [-0.2, -0.15) is 0 Å². The molecule has 0 spiro atoms. The van der Waals surface area contributed by atoms with Gasteiger partial charge in [-0.1, -0.05) is 23.7 Å². The summed E-state index contributed by atoms with van der Waals surface area (Å²) in [4.78, 5) is 37.3. The second kappa shape index (κ2) is 8.55. The number of para-hydroxylation sites is 1. The van der Waals surface area contributed by atoms with Crippen molar-refractivity contribution in [3.8, 4) is 5.75 Å². The van der Waals surface area contributed by atoms with E-state index in [1.165, 1.54) is 0 Å². The molecule has 2 N–H and O–H groups in total. The molecule has 1 heterocycles. The summed E-state index contributed by atoms with van der Waals surface area (Å²) in [6.45, 7) is 0.395. The first kappa shape index (κ1) is 18.7. The average molecular weight is 388 g/mol. The summed E-state index contributed by atoms with van der Waals surface area (Å²) in [5, 5.41) is 0.394. The first-order chi connectivity index (χ1) is 13.0. The highest BCUT2D eigenvalue weighted by atomic mass is 35.5. The Bertz CT molecular complexity index is 854. The van der Waals surface area contributed by atoms with E-state index in [9.17, 15) is 14.4 Å². The fraction of sp³-hybridized carbons (Fsp3) is 0.211. The number of hydrazine groups is 1. The number of carbonyl (C=O) groups is 3. The van der Waals surface area contributed by atoms with Gasteiger partial charge in [-0.15, -0.1) is 0 Å². The molecule has 1 saturated heterocycles. The van der Waals surface area contributed by atoms with E-state index in [0.717, 1.165) is 12.1 Å². The standard InChI is InChI=1S/C19H18ClN3O4/c20-15-4-1-2-5-16(15)27-12-17(24)21-22-19(26)13-7-9-14(10-8-13)23-11-3-6-18(23)25/h1-2,4-5,7-10H,3,6,11-12H2,(H,21,24)(H,22,26). The van der Waals surface area contributed by atoms with Crippen molar-refractivity contribution in [1.29, 1.82) is 0 Å². The second-order valence-electron chi connectivity index (χ2n) is 5.92. The second-order valence-corrected chi connectivity index (χ2v) is 6.32. The molecular weight excluding hydrogens is 370 g/mol. The minimum Gasteiger partial charge on any atom is -0.482 e. The lowest BCUT2D eigenvalue weighted by Gasteiger charge is -2.16. The highest BCUT2D eigenvalue weighted by Gasteiger charge is 2.21. The van der Waals surface area contributed by atoms with Gasteiger partial charge in [0.05, 0.1) is 5.02 Å². The predicted molar refractivity (Wildman–Crippen MR) is 101 cm³/mol. The zero-order valence-electron chi connectivity index (χ0n) is 14.4. The number of benzene rings is 2. The molecule has 0 aliphatic carbocycles. The Morgan fingerprint density at radius 3 is 2.48 bits per heavy atom. The number of nitrogens with zero attached hydrogens (tertiary/aromatic N) is 1. The molecule has 140 valence electrons. The molecule has 8 heteroatoms. The van der Waals surface area contributed by atoms with E-state index in [1.54, 1.807) is 53.4 Å². The highest BCUT2D eigenvalue weighted by molar-refractivity contribution is 6.32. The van der Waals surface area contributed by atoms with Gasteiger partial charge in [-0.05, 0) is 42.8 Å². The fourth-order valence-corrected chi connectivity index (χ4v) is 2.84. The molecule has 2 aromatic rings. The van der Waals surface area contributed by atoms with Crippen LogP contribution < -0.4 is 20.5 Å². The summed E-state index contributed by atoms with van der Waals surface area (Å²) >= 11 is 5.93. The van der Waals surface area contributed by atoms with E-state index in [1.807, 2.05) is 0 Å². The average Bonchev–Trinajstić information content (AvgIpc) is 3.11. The predicted octanol–water partition coefficient (Wildman–Crippen LogP) is 2.31. The van der Waals surface area contributed by atoms with E-state index < -0.39 is 11.8 Å². The van der Waals surface area contributed by atoms with E-state index in [4.69, 9.17) is 16.3 Å². The van der Waals surface area contributed by atoms with Gasteiger partial charge < -0.3 is 9.64 Å². The molecule has 0 aromatic heterocycles. The number of halogens is 1. The number of anilines is 1. The van der Waals surface area contributed by atoms with Gasteiger partial charge >= 0.3 is 0 Å². The topological polar surface area (TPSA) is 87.7 Å². The summed E-state index contributed by atoms with van der Waals surface area (Å²) in [7, 11) is 0. The van der Waals surface area contributed by atoms with Crippen molar-refractivity contribution in [2.24, 2.45) is 0 Å². The molecule has 1 aliphatic heterocycles. The first-order valence-electron chi connectivity index (χ1n) is 8.41. The maximum atomic E-state index is 12.1. The van der Waals surface area contributed by atoms with Crippen LogP contribution >= 0.6 is 11.6 Å². The number of ether oxygens (including phenoxy) is 1. The Morgan fingerprint density at radius 2 is 1.81 bits per heavy atom. The molecule has 0 saturated carbocycles. The lowest BCUT2D eigenvalue weighted by Crippen LogP contribution is -2.43. The summed E-state index contributed by atoms with van der Waals surface area (Å²) in [5.74, 6) is -0.534. The van der Waals surface area contributed by atoms with Crippen LogP contribution in [-0.4, -0.2) is 30.9 Å². The van der Waals surface area contributed by atoms with Crippen molar-refractivity contribution in [3.63, 3.8) is 0 Å². The summed E-state index contributed by atoms with van der Waals surface area (Å²) in [6, 6.07) is 13.4. The SMILES string of the molecule is O=C(COc1ccccc1Cl)NNC(=O)c1ccc(N2CCCC2=O)cc1. The third-order valence-electron chi connectivity index (χ3n) is 4.03. The van der Waals surface area contributed by atoms with E-state index in [2.05, 4.69) is 10.9 Å². The first-order valence-corrected chi connectivity index (χ1v) is 8.79. The van der Waals surface area contributed by atoms with Crippen LogP contribution in [0.1, 0.15) is 23.2 Å². The number of hydrogen-bond donors (Lipinski definition) is 2. The van der Waals surface area contributed by atoms with Crippen LogP contribution in [0.5, 0.6) is 5.75 Å². The zero-order chi connectivity index (χ0) is 19.2. The Morgan fingerprint density at radius 1 is 1.07 bits per heavy atom. The van der Waals surface area contributed by atoms with Crippen LogP contribution in [0, 0.1) is 0 Å². The van der Waals surface area contributed by atoms with E-state index >= 15 is 0 Å². The third kappa shape index (κ3) is 4.77. The zero-order valence-corrected chi connectivity index (χ0v) is 15.2. The number of hydrogen-bond acceptors (Lipinski definition) is 4. The molecule has 3 rings (SSSR count). The lowest BCUT2D eigenvalue weighted by atomic mass is 10.2. The van der Waals surface area contributed by atoms with Gasteiger partial charge in [0, 0.05) is 24.2 Å². The maximum Gasteiger partial charge on any atom is 0.276 e.